The number of hydrogen-bond donors (Lipinski definition) is 0. The summed E-state index contributed by atoms with van der Waals surface area (Å²) < 4.78 is 5.86. The molecular weight excluding hydrogens is 244 g/mol. The quantitative estimate of drug-likeness (QED) is 0.733. The molecule has 5 heteroatoms. The first-order chi connectivity index (χ1) is 9.24. The first-order valence-corrected chi connectivity index (χ1v) is 6.66. The molecule has 1 aromatic rings. The summed E-state index contributed by atoms with van der Waals surface area (Å²) >= 11 is 0. The van der Waals surface area contributed by atoms with Gasteiger partial charge in [0.1, 0.15) is 5.75 Å². The highest BCUT2D eigenvalue weighted by molar-refractivity contribution is 5.89. The molecule has 100 valence electrons. The molecule has 0 N–H and O–H groups in total. The van der Waals surface area contributed by atoms with Crippen LogP contribution in [0, 0.1) is 0 Å². The van der Waals surface area contributed by atoms with Gasteiger partial charge in [-0.15, -0.1) is 0 Å². The van der Waals surface area contributed by atoms with Gasteiger partial charge in [0.15, 0.2) is 6.10 Å². The van der Waals surface area contributed by atoms with Crippen LogP contribution in [0.25, 0.3) is 0 Å². The average molecular weight is 260 g/mol. The van der Waals surface area contributed by atoms with Crippen molar-refractivity contribution in [3.8, 4) is 5.75 Å². The van der Waals surface area contributed by atoms with Crippen molar-refractivity contribution in [2.75, 3.05) is 13.6 Å². The third-order valence-corrected chi connectivity index (χ3v) is 4.28. The van der Waals surface area contributed by atoms with E-state index in [2.05, 4.69) is 0 Å². The van der Waals surface area contributed by atoms with Gasteiger partial charge < -0.3 is 9.64 Å². The maximum atomic E-state index is 12.2. The smallest absolute Gasteiger partial charge is 0.266 e. The van der Waals surface area contributed by atoms with Crippen molar-refractivity contribution in [2.24, 2.45) is 0 Å². The lowest BCUT2D eigenvalue weighted by atomic mass is 9.84. The van der Waals surface area contributed by atoms with E-state index in [0.717, 1.165) is 12.2 Å². The van der Waals surface area contributed by atoms with Crippen LogP contribution in [0.4, 0.5) is 0 Å². The molecule has 4 atom stereocenters. The Kier molecular flexibility index (Phi) is 2.34. The van der Waals surface area contributed by atoms with Gasteiger partial charge in [-0.1, -0.05) is 18.2 Å². The number of β-lactam (4-membered cyclic amide) rings is 1. The normalized spacial score (nSPS) is 36.9. The summed E-state index contributed by atoms with van der Waals surface area (Å²) in [6, 6.07) is 9.91. The molecule has 3 heterocycles. The average Bonchev–Trinajstić information content (AvgIpc) is 2.74. The fraction of sp³-hybridized carbons (Fsp3) is 0.500. The van der Waals surface area contributed by atoms with Gasteiger partial charge in [0.2, 0.25) is 0 Å². The van der Waals surface area contributed by atoms with E-state index in [9.17, 15) is 4.79 Å². The Morgan fingerprint density at radius 2 is 2.11 bits per heavy atom. The second-order valence-electron chi connectivity index (χ2n) is 5.41. The van der Waals surface area contributed by atoms with E-state index < -0.39 is 0 Å². The van der Waals surface area contributed by atoms with Crippen molar-refractivity contribution in [1.82, 2.24) is 9.96 Å². The van der Waals surface area contributed by atoms with Crippen LogP contribution in [-0.4, -0.2) is 53.8 Å². The van der Waals surface area contributed by atoms with Gasteiger partial charge >= 0.3 is 0 Å². The summed E-state index contributed by atoms with van der Waals surface area (Å²) in [5.41, 5.74) is 0. The van der Waals surface area contributed by atoms with Crippen LogP contribution in [0.2, 0.25) is 0 Å². The first-order valence-electron chi connectivity index (χ1n) is 6.66. The maximum absolute atomic E-state index is 12.2. The summed E-state index contributed by atoms with van der Waals surface area (Å²) in [6.07, 6.45) is 0.782. The van der Waals surface area contributed by atoms with Crippen molar-refractivity contribution < 1.29 is 14.4 Å². The van der Waals surface area contributed by atoms with E-state index >= 15 is 0 Å². The molecule has 19 heavy (non-hydrogen) atoms. The number of amides is 1. The van der Waals surface area contributed by atoms with E-state index in [-0.39, 0.29) is 30.2 Å². The Labute approximate surface area is 111 Å². The first kappa shape index (κ1) is 11.3. The number of rotatable bonds is 2. The monoisotopic (exact) mass is 260 g/mol. The van der Waals surface area contributed by atoms with Gasteiger partial charge in [-0.2, -0.15) is 5.06 Å². The van der Waals surface area contributed by atoms with Crippen LogP contribution in [0.3, 0.4) is 0 Å². The Bertz CT molecular complexity index is 507. The summed E-state index contributed by atoms with van der Waals surface area (Å²) in [5, 5.41) is 1.89. The Hall–Kier alpha value is -1.59. The van der Waals surface area contributed by atoms with Crippen LogP contribution in [-0.2, 0) is 9.63 Å². The molecule has 3 aliphatic rings. The molecule has 0 radical (unpaired) electrons. The van der Waals surface area contributed by atoms with Gasteiger partial charge in [-0.3, -0.25) is 9.63 Å². The number of para-hydroxylation sites is 1. The van der Waals surface area contributed by atoms with Crippen LogP contribution in [0.5, 0.6) is 5.75 Å². The molecule has 3 aliphatic heterocycles. The third kappa shape index (κ3) is 1.58. The minimum absolute atomic E-state index is 0.0856. The van der Waals surface area contributed by atoms with Crippen LogP contribution >= 0.6 is 0 Å². The van der Waals surface area contributed by atoms with Gasteiger partial charge in [0, 0.05) is 13.6 Å². The van der Waals surface area contributed by atoms with Gasteiger partial charge in [-0.25, -0.2) is 0 Å². The highest BCUT2D eigenvalue weighted by atomic mass is 16.7. The zero-order chi connectivity index (χ0) is 13.0. The Morgan fingerprint density at radius 3 is 2.89 bits per heavy atom. The fourth-order valence-electron chi connectivity index (χ4n) is 3.38. The lowest BCUT2D eigenvalue weighted by Crippen LogP contribution is -2.74. The van der Waals surface area contributed by atoms with E-state index in [1.54, 1.807) is 0 Å². The minimum atomic E-state index is -0.363. The molecule has 0 aromatic heterocycles. The van der Waals surface area contributed by atoms with Crippen molar-refractivity contribution in [1.29, 1.82) is 0 Å². The Balaban J connectivity index is 1.56. The number of hydrogen-bond acceptors (Lipinski definition) is 4. The van der Waals surface area contributed by atoms with Crippen LogP contribution in [0.15, 0.2) is 30.3 Å². The summed E-state index contributed by atoms with van der Waals surface area (Å²) in [4.78, 5) is 19.7. The molecule has 0 unspecified atom stereocenters. The third-order valence-electron chi connectivity index (χ3n) is 4.28. The van der Waals surface area contributed by atoms with Crippen LogP contribution < -0.4 is 4.74 Å². The summed E-state index contributed by atoms with van der Waals surface area (Å²) in [5.74, 6) is 0.839. The van der Waals surface area contributed by atoms with Crippen molar-refractivity contribution in [2.45, 2.75) is 30.7 Å². The van der Waals surface area contributed by atoms with Gasteiger partial charge in [-0.05, 0) is 18.6 Å². The molecule has 2 bridgehead atoms. The molecule has 1 amide bonds. The highest BCUT2D eigenvalue weighted by Gasteiger charge is 2.60. The zero-order valence-electron chi connectivity index (χ0n) is 10.7. The van der Waals surface area contributed by atoms with E-state index in [1.807, 2.05) is 47.3 Å². The summed E-state index contributed by atoms with van der Waals surface area (Å²) in [6.45, 7) is 0.693. The molecule has 0 saturated carbocycles. The molecule has 3 saturated heterocycles. The second-order valence-corrected chi connectivity index (χ2v) is 5.41. The second kappa shape index (κ2) is 3.95. The molecule has 0 spiro atoms. The van der Waals surface area contributed by atoms with Crippen molar-refractivity contribution in [3.05, 3.63) is 30.3 Å². The molecule has 1 aromatic carbocycles. The predicted octanol–water partition coefficient (Wildman–Crippen LogP) is 0.663. The lowest BCUT2D eigenvalue weighted by Gasteiger charge is -2.51. The largest absolute Gasteiger partial charge is 0.478 e. The number of ether oxygens (including phenoxy) is 1. The van der Waals surface area contributed by atoms with E-state index in [1.165, 1.54) is 0 Å². The number of benzene rings is 1. The molecule has 0 aliphatic carbocycles. The SMILES string of the molecule is CN1O[C@H]2C[C@@H]1[C@@H]1[C@@H](Oc3ccccc3)C(=O)N1C2. The molecule has 3 fully saturated rings. The minimum Gasteiger partial charge on any atom is -0.478 e. The predicted molar refractivity (Wildman–Crippen MR) is 67.4 cm³/mol. The number of hydroxylamine groups is 2. The number of fused-ring (bicyclic) bond motifs is 4. The Morgan fingerprint density at radius 1 is 1.32 bits per heavy atom. The van der Waals surface area contributed by atoms with E-state index in [0.29, 0.717) is 6.54 Å². The molecular formula is C14H16N2O3. The number of nitrogens with zero attached hydrogens (tertiary/aromatic N) is 2. The number of carbonyl (C=O) groups excluding carboxylic acids is 1. The van der Waals surface area contributed by atoms with Gasteiger partial charge in [0.25, 0.3) is 5.91 Å². The number of carbonyl (C=O) groups is 1. The van der Waals surface area contributed by atoms with Crippen LogP contribution in [0.1, 0.15) is 6.42 Å². The van der Waals surface area contributed by atoms with Crippen molar-refractivity contribution in [3.63, 3.8) is 0 Å². The molecule has 4 rings (SSSR count). The fourth-order valence-corrected chi connectivity index (χ4v) is 3.38. The lowest BCUT2D eigenvalue weighted by molar-refractivity contribution is -0.170. The number of likely N-dealkylation sites (N-methyl/N-ethyl adjacent to an activating group) is 1. The standard InChI is InChI=1S/C14H16N2O3/c1-15-11-7-10(19-15)8-16-12(11)13(14(16)17)18-9-5-3-2-4-6-9/h2-6,10-13H,7-8H2,1H3/t10-,11+,12+,13+/m0/s1. The topological polar surface area (TPSA) is 42.0 Å². The van der Waals surface area contributed by atoms with E-state index in [4.69, 9.17) is 9.57 Å². The molecule has 5 nitrogen and oxygen atoms in total. The summed E-state index contributed by atoms with van der Waals surface area (Å²) in [7, 11) is 1.94. The number of piperidine rings is 1. The highest BCUT2D eigenvalue weighted by Crippen LogP contribution is 2.39. The maximum Gasteiger partial charge on any atom is 0.266 e. The van der Waals surface area contributed by atoms with Gasteiger partial charge in [0.05, 0.1) is 18.2 Å². The van der Waals surface area contributed by atoms with Crippen molar-refractivity contribution >= 4 is 5.91 Å². The zero-order valence-corrected chi connectivity index (χ0v) is 10.7.